The highest BCUT2D eigenvalue weighted by molar-refractivity contribution is 6.02. The number of hydrogen-bond acceptors (Lipinski definition) is 2. The molecule has 2 aliphatic rings. The van der Waals surface area contributed by atoms with Gasteiger partial charge < -0.3 is 9.64 Å². The van der Waals surface area contributed by atoms with Gasteiger partial charge in [0.25, 0.3) is 0 Å². The minimum atomic E-state index is -0.435. The highest BCUT2D eigenvalue weighted by atomic mass is 16.5. The lowest BCUT2D eigenvalue weighted by Gasteiger charge is -2.35. The molecule has 0 N–H and O–H groups in total. The van der Waals surface area contributed by atoms with Crippen LogP contribution in [0.1, 0.15) is 37.3 Å². The minimum absolute atomic E-state index is 0.435. The number of nitrogens with zero attached hydrogens (tertiary/aromatic N) is 1. The zero-order chi connectivity index (χ0) is 18.3. The molecule has 0 radical (unpaired) electrons. The Bertz CT molecular complexity index is 1000. The Hall–Kier alpha value is -2.74. The zero-order valence-electron chi connectivity index (χ0n) is 15.8. The van der Waals surface area contributed by atoms with E-state index in [1.54, 1.807) is 0 Å². The first-order valence-electron chi connectivity index (χ1n) is 9.99. The van der Waals surface area contributed by atoms with Crippen molar-refractivity contribution >= 4 is 22.5 Å². The second-order valence-corrected chi connectivity index (χ2v) is 7.81. The maximum atomic E-state index is 6.63. The van der Waals surface area contributed by atoms with E-state index in [2.05, 4.69) is 84.6 Å². The fraction of sp³-hybridized carbons (Fsp3) is 0.280. The molecule has 2 nitrogen and oxygen atoms in total. The van der Waals surface area contributed by atoms with Crippen LogP contribution in [0.15, 0.2) is 66.7 Å². The molecule has 136 valence electrons. The molecule has 0 aliphatic carbocycles. The van der Waals surface area contributed by atoms with Gasteiger partial charge in [0.2, 0.25) is 0 Å². The molecule has 1 saturated heterocycles. The van der Waals surface area contributed by atoms with E-state index in [0.717, 1.165) is 18.8 Å². The first-order valence-corrected chi connectivity index (χ1v) is 9.99. The third kappa shape index (κ3) is 2.80. The summed E-state index contributed by atoms with van der Waals surface area (Å²) in [7, 11) is 0. The fourth-order valence-electron chi connectivity index (χ4n) is 4.44. The molecule has 1 unspecified atom stereocenters. The summed E-state index contributed by atoms with van der Waals surface area (Å²) >= 11 is 0. The van der Waals surface area contributed by atoms with Crippen LogP contribution in [0.5, 0.6) is 5.75 Å². The van der Waals surface area contributed by atoms with Crippen LogP contribution in [0, 0.1) is 0 Å². The Balaban J connectivity index is 1.66. The van der Waals surface area contributed by atoms with Crippen LogP contribution in [0.2, 0.25) is 0 Å². The SMILES string of the molecule is CC1(c2ccccc2)C=Cc2c(cc(N3CCCCC3)c3ccccc23)O1. The monoisotopic (exact) mass is 355 g/mol. The smallest absolute Gasteiger partial charge is 0.150 e. The van der Waals surface area contributed by atoms with E-state index in [9.17, 15) is 0 Å². The molecule has 3 aromatic carbocycles. The molecule has 0 spiro atoms. The molecule has 1 fully saturated rings. The summed E-state index contributed by atoms with van der Waals surface area (Å²) in [6, 6.07) is 21.5. The van der Waals surface area contributed by atoms with Gasteiger partial charge in [0.15, 0.2) is 0 Å². The molecule has 0 saturated carbocycles. The topological polar surface area (TPSA) is 12.5 Å². The predicted octanol–water partition coefficient (Wildman–Crippen LogP) is 6.15. The quantitative estimate of drug-likeness (QED) is 0.546. The molecule has 0 aromatic heterocycles. The maximum Gasteiger partial charge on any atom is 0.150 e. The number of anilines is 1. The zero-order valence-corrected chi connectivity index (χ0v) is 15.8. The van der Waals surface area contributed by atoms with Gasteiger partial charge in [-0.3, -0.25) is 0 Å². The highest BCUT2D eigenvalue weighted by Gasteiger charge is 2.31. The van der Waals surface area contributed by atoms with Crippen LogP contribution in [-0.2, 0) is 5.60 Å². The van der Waals surface area contributed by atoms with E-state index in [-0.39, 0.29) is 0 Å². The molecular weight excluding hydrogens is 330 g/mol. The summed E-state index contributed by atoms with van der Waals surface area (Å²) in [6.45, 7) is 4.42. The summed E-state index contributed by atoms with van der Waals surface area (Å²) in [5.41, 5.74) is 3.25. The largest absolute Gasteiger partial charge is 0.478 e. The van der Waals surface area contributed by atoms with Crippen molar-refractivity contribution in [1.29, 1.82) is 0 Å². The van der Waals surface area contributed by atoms with E-state index in [1.165, 1.54) is 46.8 Å². The molecule has 2 aliphatic heterocycles. The number of benzene rings is 3. The van der Waals surface area contributed by atoms with Crippen LogP contribution in [0.25, 0.3) is 16.8 Å². The molecular formula is C25H25NO. The van der Waals surface area contributed by atoms with Gasteiger partial charge in [-0.25, -0.2) is 0 Å². The molecule has 3 aromatic rings. The fourth-order valence-corrected chi connectivity index (χ4v) is 4.44. The summed E-state index contributed by atoms with van der Waals surface area (Å²) < 4.78 is 6.63. The predicted molar refractivity (Wildman–Crippen MR) is 113 cm³/mol. The Kier molecular flexibility index (Phi) is 3.93. The molecule has 2 heterocycles. The van der Waals surface area contributed by atoms with E-state index in [4.69, 9.17) is 4.74 Å². The maximum absolute atomic E-state index is 6.63. The van der Waals surface area contributed by atoms with Gasteiger partial charge in [-0.1, -0.05) is 60.7 Å². The second-order valence-electron chi connectivity index (χ2n) is 7.81. The van der Waals surface area contributed by atoms with Crippen LogP contribution in [0.4, 0.5) is 5.69 Å². The lowest BCUT2D eigenvalue weighted by atomic mass is 9.90. The third-order valence-electron chi connectivity index (χ3n) is 5.96. The summed E-state index contributed by atoms with van der Waals surface area (Å²) in [5.74, 6) is 0.989. The van der Waals surface area contributed by atoms with Gasteiger partial charge >= 0.3 is 0 Å². The van der Waals surface area contributed by atoms with Gasteiger partial charge in [0, 0.05) is 35.8 Å². The average molecular weight is 355 g/mol. The van der Waals surface area contributed by atoms with Crippen LogP contribution in [-0.4, -0.2) is 13.1 Å². The lowest BCUT2D eigenvalue weighted by Crippen LogP contribution is -2.31. The van der Waals surface area contributed by atoms with Gasteiger partial charge in [0.1, 0.15) is 11.4 Å². The third-order valence-corrected chi connectivity index (χ3v) is 5.96. The molecule has 0 amide bonds. The number of hydrogen-bond donors (Lipinski definition) is 0. The first-order chi connectivity index (χ1) is 13.2. The summed E-state index contributed by atoms with van der Waals surface area (Å²) in [6.07, 6.45) is 8.32. The van der Waals surface area contributed by atoms with Crippen molar-refractivity contribution in [1.82, 2.24) is 0 Å². The lowest BCUT2D eigenvalue weighted by molar-refractivity contribution is 0.138. The summed E-state index contributed by atoms with van der Waals surface area (Å²) in [4.78, 5) is 2.54. The van der Waals surface area contributed by atoms with Crippen LogP contribution >= 0.6 is 0 Å². The van der Waals surface area contributed by atoms with Crippen molar-refractivity contribution < 1.29 is 4.74 Å². The number of rotatable bonds is 2. The van der Waals surface area contributed by atoms with Crippen LogP contribution < -0.4 is 9.64 Å². The van der Waals surface area contributed by atoms with E-state index in [0.29, 0.717) is 0 Å². The van der Waals surface area contributed by atoms with Crippen molar-refractivity contribution in [3.8, 4) is 5.75 Å². The van der Waals surface area contributed by atoms with Gasteiger partial charge in [-0.15, -0.1) is 0 Å². The normalized spacial score (nSPS) is 21.7. The van der Waals surface area contributed by atoms with Crippen molar-refractivity contribution in [2.24, 2.45) is 0 Å². The number of ether oxygens (including phenoxy) is 1. The van der Waals surface area contributed by atoms with Gasteiger partial charge in [0.05, 0.1) is 0 Å². The summed E-state index contributed by atoms with van der Waals surface area (Å²) in [5, 5.41) is 2.61. The molecule has 1 atom stereocenters. The van der Waals surface area contributed by atoms with Crippen molar-refractivity contribution in [2.45, 2.75) is 31.8 Å². The van der Waals surface area contributed by atoms with Crippen molar-refractivity contribution in [3.63, 3.8) is 0 Å². The molecule has 5 rings (SSSR count). The Morgan fingerprint density at radius 2 is 1.56 bits per heavy atom. The number of fused-ring (bicyclic) bond motifs is 3. The van der Waals surface area contributed by atoms with E-state index in [1.807, 2.05) is 0 Å². The van der Waals surface area contributed by atoms with E-state index < -0.39 is 5.60 Å². The number of piperidine rings is 1. The van der Waals surface area contributed by atoms with Crippen molar-refractivity contribution in [3.05, 3.63) is 77.9 Å². The molecule has 2 heteroatoms. The van der Waals surface area contributed by atoms with Gasteiger partial charge in [-0.2, -0.15) is 0 Å². The minimum Gasteiger partial charge on any atom is -0.478 e. The Morgan fingerprint density at radius 3 is 2.33 bits per heavy atom. The van der Waals surface area contributed by atoms with Gasteiger partial charge in [-0.05, 0) is 43.2 Å². The van der Waals surface area contributed by atoms with E-state index >= 15 is 0 Å². The Morgan fingerprint density at radius 1 is 0.852 bits per heavy atom. The molecule has 27 heavy (non-hydrogen) atoms. The Labute approximate surface area is 161 Å². The second kappa shape index (κ2) is 6.45. The molecule has 0 bridgehead atoms. The standard InChI is InChI=1S/C25H25NO/c1-25(19-10-4-2-5-11-19)15-14-22-20-12-6-7-13-21(20)23(18-24(22)27-25)26-16-8-3-9-17-26/h2,4-7,10-15,18H,3,8-9,16-17H2,1H3. The van der Waals surface area contributed by atoms with Crippen molar-refractivity contribution in [2.75, 3.05) is 18.0 Å². The average Bonchev–Trinajstić information content (AvgIpc) is 2.74. The highest BCUT2D eigenvalue weighted by Crippen LogP contribution is 2.44. The van der Waals surface area contributed by atoms with Crippen LogP contribution in [0.3, 0.4) is 0 Å². The first kappa shape index (κ1) is 16.4.